The van der Waals surface area contributed by atoms with E-state index in [9.17, 15) is 9.59 Å². The van der Waals surface area contributed by atoms with Gasteiger partial charge in [0.1, 0.15) is 0 Å². The number of fused-ring (bicyclic) bond motifs is 1. The van der Waals surface area contributed by atoms with E-state index >= 15 is 0 Å². The van der Waals surface area contributed by atoms with E-state index in [0.29, 0.717) is 22.8 Å². The quantitative estimate of drug-likeness (QED) is 0.667. The molecule has 154 valence electrons. The molecule has 7 nitrogen and oxygen atoms in total. The fourth-order valence-corrected chi connectivity index (χ4v) is 3.61. The second-order valence-corrected chi connectivity index (χ2v) is 6.82. The molecule has 0 bridgehead atoms. The summed E-state index contributed by atoms with van der Waals surface area (Å²) in [7, 11) is 4.53. The number of carbonyl (C=O) groups is 2. The molecule has 0 N–H and O–H groups in total. The Kier molecular flexibility index (Phi) is 6.26. The van der Waals surface area contributed by atoms with E-state index < -0.39 is 5.97 Å². The minimum Gasteiger partial charge on any atom is -0.493 e. The third kappa shape index (κ3) is 4.29. The fourth-order valence-electron chi connectivity index (χ4n) is 3.61. The van der Waals surface area contributed by atoms with Crippen LogP contribution in [0.3, 0.4) is 0 Å². The van der Waals surface area contributed by atoms with Crippen LogP contribution < -0.4 is 19.1 Å². The van der Waals surface area contributed by atoms with E-state index in [1.807, 2.05) is 31.2 Å². The molecule has 1 amide bonds. The van der Waals surface area contributed by atoms with Crippen molar-refractivity contribution in [3.8, 4) is 17.2 Å². The molecule has 7 heteroatoms. The lowest BCUT2D eigenvalue weighted by Crippen LogP contribution is -2.38. The first-order chi connectivity index (χ1) is 14.0. The average Bonchev–Trinajstić information content (AvgIpc) is 3.06. The zero-order valence-electron chi connectivity index (χ0n) is 17.1. The largest absolute Gasteiger partial charge is 0.493 e. The van der Waals surface area contributed by atoms with Gasteiger partial charge < -0.3 is 23.8 Å². The predicted octanol–water partition coefficient (Wildman–Crippen LogP) is 2.78. The number of methoxy groups -OCH3 is 3. The Bertz CT molecular complexity index is 885. The first-order valence-corrected chi connectivity index (χ1v) is 9.33. The zero-order chi connectivity index (χ0) is 21.0. The van der Waals surface area contributed by atoms with Gasteiger partial charge >= 0.3 is 5.97 Å². The van der Waals surface area contributed by atoms with Gasteiger partial charge in [-0.2, -0.15) is 0 Å². The summed E-state index contributed by atoms with van der Waals surface area (Å²) in [4.78, 5) is 26.7. The van der Waals surface area contributed by atoms with Crippen LogP contribution in [0.25, 0.3) is 0 Å². The van der Waals surface area contributed by atoms with Crippen molar-refractivity contribution in [2.24, 2.45) is 0 Å². The van der Waals surface area contributed by atoms with Crippen molar-refractivity contribution in [1.82, 2.24) is 0 Å². The Labute approximate surface area is 170 Å². The molecule has 0 saturated heterocycles. The van der Waals surface area contributed by atoms with Gasteiger partial charge in [-0.15, -0.1) is 0 Å². The van der Waals surface area contributed by atoms with Crippen LogP contribution >= 0.6 is 0 Å². The normalized spacial score (nSPS) is 14.9. The predicted molar refractivity (Wildman–Crippen MR) is 108 cm³/mol. The van der Waals surface area contributed by atoms with Gasteiger partial charge in [-0.05, 0) is 42.7 Å². The Morgan fingerprint density at radius 2 is 1.69 bits per heavy atom. The van der Waals surface area contributed by atoms with Gasteiger partial charge in [0, 0.05) is 11.7 Å². The number of hydrogen-bond acceptors (Lipinski definition) is 6. The highest BCUT2D eigenvalue weighted by Gasteiger charge is 2.31. The third-order valence-electron chi connectivity index (χ3n) is 4.91. The summed E-state index contributed by atoms with van der Waals surface area (Å²) in [6.45, 7) is 1.68. The second-order valence-electron chi connectivity index (χ2n) is 6.82. The number of benzene rings is 2. The van der Waals surface area contributed by atoms with E-state index in [1.54, 1.807) is 17.0 Å². The summed E-state index contributed by atoms with van der Waals surface area (Å²) in [6, 6.07) is 11.2. The summed E-state index contributed by atoms with van der Waals surface area (Å²) in [5, 5.41) is 0. The summed E-state index contributed by atoms with van der Waals surface area (Å²) < 4.78 is 21.1. The van der Waals surface area contributed by atoms with E-state index in [4.69, 9.17) is 18.9 Å². The van der Waals surface area contributed by atoms with E-state index in [2.05, 4.69) is 0 Å². The minimum absolute atomic E-state index is 0.0177. The topological polar surface area (TPSA) is 74.3 Å². The average molecular weight is 399 g/mol. The summed E-state index contributed by atoms with van der Waals surface area (Å²) in [6.07, 6.45) is 0.775. The van der Waals surface area contributed by atoms with Crippen molar-refractivity contribution >= 4 is 17.6 Å². The van der Waals surface area contributed by atoms with Crippen LogP contribution in [0.2, 0.25) is 0 Å². The maximum atomic E-state index is 12.7. The molecule has 1 heterocycles. The minimum atomic E-state index is -0.507. The Morgan fingerprint density at radius 1 is 1.03 bits per heavy atom. The molecule has 29 heavy (non-hydrogen) atoms. The van der Waals surface area contributed by atoms with Gasteiger partial charge in [-0.25, -0.2) is 0 Å². The van der Waals surface area contributed by atoms with Gasteiger partial charge in [0.2, 0.25) is 5.75 Å². The van der Waals surface area contributed by atoms with Crippen LogP contribution in [0.5, 0.6) is 17.2 Å². The lowest BCUT2D eigenvalue weighted by atomic mass is 10.1. The summed E-state index contributed by atoms with van der Waals surface area (Å²) in [5.41, 5.74) is 2.64. The van der Waals surface area contributed by atoms with Gasteiger partial charge in [0.05, 0.1) is 27.8 Å². The van der Waals surface area contributed by atoms with Gasteiger partial charge in [0.25, 0.3) is 5.91 Å². The molecule has 1 unspecified atom stereocenters. The number of ether oxygens (including phenoxy) is 4. The van der Waals surface area contributed by atoms with Crippen LogP contribution in [-0.2, 0) is 27.2 Å². The van der Waals surface area contributed by atoms with Crippen LogP contribution in [0.4, 0.5) is 5.69 Å². The highest BCUT2D eigenvalue weighted by atomic mass is 16.5. The molecule has 3 rings (SSSR count). The molecule has 1 aliphatic rings. The second kappa shape index (κ2) is 8.86. The van der Waals surface area contributed by atoms with E-state index in [1.165, 1.54) is 21.3 Å². The van der Waals surface area contributed by atoms with E-state index in [0.717, 1.165) is 17.7 Å². The highest BCUT2D eigenvalue weighted by molar-refractivity contribution is 5.97. The number of rotatable bonds is 7. The Balaban J connectivity index is 1.64. The van der Waals surface area contributed by atoms with Crippen LogP contribution in [0.15, 0.2) is 36.4 Å². The number of para-hydroxylation sites is 1. The molecule has 0 aliphatic carbocycles. The zero-order valence-corrected chi connectivity index (χ0v) is 17.1. The molecule has 1 atom stereocenters. The van der Waals surface area contributed by atoms with Crippen molar-refractivity contribution in [3.63, 3.8) is 0 Å². The smallest absolute Gasteiger partial charge is 0.310 e. The van der Waals surface area contributed by atoms with Gasteiger partial charge in [-0.3, -0.25) is 9.59 Å². The number of nitrogens with zero attached hydrogens (tertiary/aromatic N) is 1. The number of carbonyl (C=O) groups excluding carboxylic acids is 2. The molecular formula is C22H25NO6. The van der Waals surface area contributed by atoms with Crippen molar-refractivity contribution in [2.45, 2.75) is 25.8 Å². The van der Waals surface area contributed by atoms with Crippen LogP contribution in [0.1, 0.15) is 18.1 Å². The maximum absolute atomic E-state index is 12.7. The van der Waals surface area contributed by atoms with Crippen LogP contribution in [0, 0.1) is 0 Å². The lowest BCUT2D eigenvalue weighted by molar-refractivity contribution is -0.147. The molecule has 0 radical (unpaired) electrons. The SMILES string of the molecule is COc1cc(CC(=O)OCC(=O)N2c3ccccc3CC2C)cc(OC)c1OC. The summed E-state index contributed by atoms with van der Waals surface area (Å²) in [5.74, 6) is 0.610. The first-order valence-electron chi connectivity index (χ1n) is 9.33. The molecule has 0 fully saturated rings. The molecular weight excluding hydrogens is 374 g/mol. The van der Waals surface area contributed by atoms with E-state index in [-0.39, 0.29) is 25.0 Å². The first kappa shape index (κ1) is 20.5. The summed E-state index contributed by atoms with van der Waals surface area (Å²) >= 11 is 0. The number of anilines is 1. The lowest BCUT2D eigenvalue weighted by Gasteiger charge is -2.22. The third-order valence-corrected chi connectivity index (χ3v) is 4.91. The monoisotopic (exact) mass is 399 g/mol. The number of hydrogen-bond donors (Lipinski definition) is 0. The number of esters is 1. The van der Waals surface area contributed by atoms with Crippen molar-refractivity contribution in [1.29, 1.82) is 0 Å². The van der Waals surface area contributed by atoms with Gasteiger partial charge in [0.15, 0.2) is 18.1 Å². The maximum Gasteiger partial charge on any atom is 0.310 e. The fraction of sp³-hybridized carbons (Fsp3) is 0.364. The van der Waals surface area contributed by atoms with Crippen molar-refractivity contribution in [3.05, 3.63) is 47.5 Å². The highest BCUT2D eigenvalue weighted by Crippen LogP contribution is 2.38. The van der Waals surface area contributed by atoms with Crippen LogP contribution in [-0.4, -0.2) is 45.9 Å². The van der Waals surface area contributed by atoms with Crippen molar-refractivity contribution < 1.29 is 28.5 Å². The van der Waals surface area contributed by atoms with Gasteiger partial charge in [-0.1, -0.05) is 18.2 Å². The molecule has 2 aromatic rings. The molecule has 0 aromatic heterocycles. The molecule has 0 saturated carbocycles. The standard InChI is InChI=1S/C22H25NO6/c1-14-9-16-7-5-6-8-17(16)23(14)20(24)13-29-21(25)12-15-10-18(26-2)22(28-4)19(11-15)27-3/h5-8,10-11,14H,9,12-13H2,1-4H3. The molecule has 1 aliphatic heterocycles. The molecule has 0 spiro atoms. The molecule has 2 aromatic carbocycles. The Hall–Kier alpha value is -3.22. The number of amides is 1. The Morgan fingerprint density at radius 3 is 2.31 bits per heavy atom. The van der Waals surface area contributed by atoms with Crippen molar-refractivity contribution in [2.75, 3.05) is 32.8 Å².